The van der Waals surface area contributed by atoms with Gasteiger partial charge in [0.25, 0.3) is 0 Å². The van der Waals surface area contributed by atoms with Crippen LogP contribution < -0.4 is 10.6 Å². The second-order valence-electron chi connectivity index (χ2n) is 6.26. The van der Waals surface area contributed by atoms with Gasteiger partial charge < -0.3 is 15.5 Å². The second kappa shape index (κ2) is 8.12. The van der Waals surface area contributed by atoms with Crippen LogP contribution >= 0.6 is 0 Å². The van der Waals surface area contributed by atoms with Gasteiger partial charge in [-0.3, -0.25) is 4.79 Å². The molecule has 5 nitrogen and oxygen atoms in total. The lowest BCUT2D eigenvalue weighted by Gasteiger charge is -2.23. The number of hydrogen-bond acceptors (Lipinski definition) is 2. The van der Waals surface area contributed by atoms with E-state index in [0.717, 1.165) is 5.96 Å². The summed E-state index contributed by atoms with van der Waals surface area (Å²) in [6.07, 6.45) is 4.94. The van der Waals surface area contributed by atoms with E-state index in [2.05, 4.69) is 36.4 Å². The van der Waals surface area contributed by atoms with Crippen molar-refractivity contribution in [1.82, 2.24) is 15.5 Å². The number of aliphatic imine (C=N–C) groups is 1. The van der Waals surface area contributed by atoms with Gasteiger partial charge in [0, 0.05) is 26.2 Å². The summed E-state index contributed by atoms with van der Waals surface area (Å²) in [5.74, 6) is 1.32. The molecule has 0 saturated heterocycles. The fourth-order valence-corrected chi connectivity index (χ4v) is 2.07. The minimum Gasteiger partial charge on any atom is -0.354 e. The van der Waals surface area contributed by atoms with Crippen molar-refractivity contribution in [2.45, 2.75) is 58.5 Å². The van der Waals surface area contributed by atoms with Gasteiger partial charge in [-0.15, -0.1) is 0 Å². The highest BCUT2D eigenvalue weighted by molar-refractivity contribution is 5.85. The average molecular weight is 282 g/mol. The van der Waals surface area contributed by atoms with Crippen LogP contribution in [0.4, 0.5) is 0 Å². The van der Waals surface area contributed by atoms with Gasteiger partial charge in [-0.05, 0) is 25.7 Å². The van der Waals surface area contributed by atoms with Gasteiger partial charge in [-0.25, -0.2) is 4.99 Å². The maximum Gasteiger partial charge on any atom is 0.243 e. The molecule has 0 aromatic heterocycles. The molecule has 5 heteroatoms. The van der Waals surface area contributed by atoms with Crippen molar-refractivity contribution in [3.63, 3.8) is 0 Å². The largest absolute Gasteiger partial charge is 0.354 e. The predicted octanol–water partition coefficient (Wildman–Crippen LogP) is 1.60. The molecule has 1 unspecified atom stereocenters. The van der Waals surface area contributed by atoms with Crippen molar-refractivity contribution < 1.29 is 4.79 Å². The number of carbonyl (C=O) groups excluding carboxylic acids is 1. The zero-order valence-corrected chi connectivity index (χ0v) is 13.6. The summed E-state index contributed by atoms with van der Waals surface area (Å²) < 4.78 is 0. The number of carbonyl (C=O) groups is 1. The quantitative estimate of drug-likeness (QED) is 0.595. The Kier molecular flexibility index (Phi) is 6.82. The van der Waals surface area contributed by atoms with Gasteiger partial charge in [0.2, 0.25) is 5.91 Å². The zero-order valence-electron chi connectivity index (χ0n) is 13.6. The van der Waals surface area contributed by atoms with Gasteiger partial charge in [0.15, 0.2) is 5.96 Å². The van der Waals surface area contributed by atoms with Crippen LogP contribution in [-0.2, 0) is 4.79 Å². The molecular weight excluding hydrogens is 252 g/mol. The molecule has 0 spiro atoms. The first-order valence-electron chi connectivity index (χ1n) is 7.67. The number of nitrogens with one attached hydrogen (secondary N) is 2. The zero-order chi connectivity index (χ0) is 15.1. The lowest BCUT2D eigenvalue weighted by Crippen LogP contribution is -2.47. The number of guanidine groups is 1. The summed E-state index contributed by atoms with van der Waals surface area (Å²) in [7, 11) is 3.51. The molecule has 0 heterocycles. The Morgan fingerprint density at radius 3 is 2.35 bits per heavy atom. The van der Waals surface area contributed by atoms with Crippen molar-refractivity contribution in [2.75, 3.05) is 20.6 Å². The maximum atomic E-state index is 11.7. The van der Waals surface area contributed by atoms with Crippen molar-refractivity contribution >= 4 is 11.9 Å². The molecule has 1 atom stereocenters. The van der Waals surface area contributed by atoms with Gasteiger partial charge in [-0.2, -0.15) is 0 Å². The van der Waals surface area contributed by atoms with Crippen LogP contribution in [0.1, 0.15) is 46.5 Å². The first kappa shape index (κ1) is 16.8. The summed E-state index contributed by atoms with van der Waals surface area (Å²) in [6, 6.07) is 0.826. The molecule has 2 N–H and O–H groups in total. The summed E-state index contributed by atoms with van der Waals surface area (Å²) in [5, 5.41) is 6.87. The van der Waals surface area contributed by atoms with Crippen molar-refractivity contribution in [2.24, 2.45) is 10.9 Å². The van der Waals surface area contributed by atoms with E-state index in [9.17, 15) is 4.79 Å². The molecule has 1 aliphatic carbocycles. The molecule has 1 fully saturated rings. The van der Waals surface area contributed by atoms with Crippen molar-refractivity contribution in [3.05, 3.63) is 0 Å². The Bertz CT molecular complexity index is 327. The molecule has 1 rings (SSSR count). The molecule has 0 aliphatic heterocycles. The Morgan fingerprint density at radius 1 is 1.25 bits per heavy atom. The highest BCUT2D eigenvalue weighted by Gasteiger charge is 2.18. The first-order chi connectivity index (χ1) is 9.40. The fourth-order valence-electron chi connectivity index (χ4n) is 2.07. The lowest BCUT2D eigenvalue weighted by atomic mass is 10.1. The molecule has 0 aromatic rings. The third kappa shape index (κ3) is 5.80. The van der Waals surface area contributed by atoms with Crippen LogP contribution in [0, 0.1) is 5.92 Å². The molecule has 0 bridgehead atoms. The molecule has 0 aromatic carbocycles. The molecule has 20 heavy (non-hydrogen) atoms. The Labute approximate surface area is 123 Å². The molecule has 1 aliphatic rings. The molecular formula is C15H30N4O. The minimum absolute atomic E-state index is 0.0229. The normalized spacial score (nSPS) is 18.2. The number of hydrogen-bond donors (Lipinski definition) is 2. The fraction of sp³-hybridized carbons (Fsp3) is 0.867. The van der Waals surface area contributed by atoms with E-state index >= 15 is 0 Å². The van der Waals surface area contributed by atoms with E-state index in [1.807, 2.05) is 0 Å². The summed E-state index contributed by atoms with van der Waals surface area (Å²) >= 11 is 0. The average Bonchev–Trinajstić information content (AvgIpc) is 2.87. The van der Waals surface area contributed by atoms with Crippen LogP contribution in [0.3, 0.4) is 0 Å². The molecule has 1 saturated carbocycles. The van der Waals surface area contributed by atoms with E-state index in [-0.39, 0.29) is 12.5 Å². The van der Waals surface area contributed by atoms with E-state index in [0.29, 0.717) is 18.0 Å². The van der Waals surface area contributed by atoms with Gasteiger partial charge in [0.05, 0.1) is 0 Å². The first-order valence-corrected chi connectivity index (χ1v) is 7.67. The summed E-state index contributed by atoms with van der Waals surface area (Å²) in [4.78, 5) is 17.7. The summed E-state index contributed by atoms with van der Waals surface area (Å²) in [6.45, 7) is 6.69. The Hall–Kier alpha value is -1.26. The molecule has 0 radical (unpaired) electrons. The highest BCUT2D eigenvalue weighted by atomic mass is 16.2. The van der Waals surface area contributed by atoms with Crippen LogP contribution in [0.25, 0.3) is 0 Å². The van der Waals surface area contributed by atoms with Crippen LogP contribution in [0.15, 0.2) is 4.99 Å². The highest BCUT2D eigenvalue weighted by Crippen LogP contribution is 2.17. The molecule has 1 amide bonds. The van der Waals surface area contributed by atoms with Gasteiger partial charge >= 0.3 is 0 Å². The number of rotatable bonds is 5. The Balaban J connectivity index is 2.61. The third-order valence-corrected chi connectivity index (χ3v) is 3.93. The lowest BCUT2D eigenvalue weighted by molar-refractivity contribution is -0.127. The SMILES string of the molecule is CC(C)C(C)NC(=NCC(=O)N(C)C)NC1CCCC1. The molecule has 116 valence electrons. The van der Waals surface area contributed by atoms with E-state index in [1.54, 1.807) is 19.0 Å². The number of likely N-dealkylation sites (N-methyl/N-ethyl adjacent to an activating group) is 1. The smallest absolute Gasteiger partial charge is 0.243 e. The standard InChI is InChI=1S/C15H30N4O/c1-11(2)12(3)17-15(16-10-14(20)19(4)5)18-13-8-6-7-9-13/h11-13H,6-10H2,1-5H3,(H2,16,17,18). The van der Waals surface area contributed by atoms with E-state index in [4.69, 9.17) is 0 Å². The number of amides is 1. The van der Waals surface area contributed by atoms with Crippen LogP contribution in [0.2, 0.25) is 0 Å². The number of nitrogens with zero attached hydrogens (tertiary/aromatic N) is 2. The van der Waals surface area contributed by atoms with E-state index in [1.165, 1.54) is 25.7 Å². The Morgan fingerprint density at radius 2 is 1.85 bits per heavy atom. The predicted molar refractivity (Wildman–Crippen MR) is 83.8 cm³/mol. The van der Waals surface area contributed by atoms with Gasteiger partial charge in [0.1, 0.15) is 6.54 Å². The minimum atomic E-state index is 0.0229. The summed E-state index contributed by atoms with van der Waals surface area (Å²) in [5.41, 5.74) is 0. The van der Waals surface area contributed by atoms with Crippen LogP contribution in [-0.4, -0.2) is 49.5 Å². The van der Waals surface area contributed by atoms with Crippen molar-refractivity contribution in [3.8, 4) is 0 Å². The van der Waals surface area contributed by atoms with Crippen molar-refractivity contribution in [1.29, 1.82) is 0 Å². The third-order valence-electron chi connectivity index (χ3n) is 3.93. The maximum absolute atomic E-state index is 11.7. The van der Waals surface area contributed by atoms with E-state index < -0.39 is 0 Å². The van der Waals surface area contributed by atoms with Crippen LogP contribution in [0.5, 0.6) is 0 Å². The van der Waals surface area contributed by atoms with Gasteiger partial charge in [-0.1, -0.05) is 26.7 Å². The monoisotopic (exact) mass is 282 g/mol. The second-order valence-corrected chi connectivity index (χ2v) is 6.26. The topological polar surface area (TPSA) is 56.7 Å².